The molecule has 2 aromatic heterocycles. The normalized spacial score (nSPS) is 13.5. The van der Waals surface area contributed by atoms with E-state index in [0.29, 0.717) is 12.1 Å². The number of thiazole rings is 1. The monoisotopic (exact) mass is 287 g/mol. The molecule has 0 radical (unpaired) electrons. The highest BCUT2D eigenvalue weighted by molar-refractivity contribution is 7.09. The van der Waals surface area contributed by atoms with E-state index in [4.69, 9.17) is 0 Å². The van der Waals surface area contributed by atoms with E-state index < -0.39 is 11.7 Å². The Morgan fingerprint density at radius 1 is 1.32 bits per heavy atom. The quantitative estimate of drug-likeness (QED) is 0.939. The van der Waals surface area contributed by atoms with E-state index in [2.05, 4.69) is 15.3 Å². The molecule has 7 heteroatoms. The third-order valence-electron chi connectivity index (χ3n) is 2.68. The van der Waals surface area contributed by atoms with Crippen LogP contribution in [0.1, 0.15) is 22.3 Å². The molecule has 1 unspecified atom stereocenters. The third kappa shape index (κ3) is 3.51. The van der Waals surface area contributed by atoms with Crippen LogP contribution >= 0.6 is 11.3 Å². The Morgan fingerprint density at radius 3 is 2.58 bits per heavy atom. The first-order valence-corrected chi connectivity index (χ1v) is 6.47. The summed E-state index contributed by atoms with van der Waals surface area (Å²) in [4.78, 5) is 8.05. The van der Waals surface area contributed by atoms with Crippen molar-refractivity contribution in [2.45, 2.75) is 18.6 Å². The molecule has 3 nitrogen and oxygen atoms in total. The Kier molecular flexibility index (Phi) is 4.16. The third-order valence-corrected chi connectivity index (χ3v) is 3.48. The molecular formula is C12H12F3N3S. The van der Waals surface area contributed by atoms with E-state index in [-0.39, 0.29) is 6.04 Å². The minimum absolute atomic E-state index is 0.145. The summed E-state index contributed by atoms with van der Waals surface area (Å²) in [5.74, 6) is 0. The lowest BCUT2D eigenvalue weighted by atomic mass is 10.1. The lowest BCUT2D eigenvalue weighted by Gasteiger charge is -2.15. The lowest BCUT2D eigenvalue weighted by Crippen LogP contribution is -2.20. The van der Waals surface area contributed by atoms with Crippen molar-refractivity contribution in [3.63, 3.8) is 0 Å². The van der Waals surface area contributed by atoms with Gasteiger partial charge in [0, 0.05) is 24.2 Å². The molecule has 2 heterocycles. The molecule has 102 valence electrons. The smallest absolute Gasteiger partial charge is 0.311 e. The molecule has 0 saturated carbocycles. The summed E-state index contributed by atoms with van der Waals surface area (Å²) in [7, 11) is 1.75. The van der Waals surface area contributed by atoms with Crippen molar-refractivity contribution < 1.29 is 13.2 Å². The van der Waals surface area contributed by atoms with Gasteiger partial charge in [0.1, 0.15) is 0 Å². The first-order chi connectivity index (χ1) is 9.00. The number of nitrogens with zero attached hydrogens (tertiary/aromatic N) is 2. The topological polar surface area (TPSA) is 37.8 Å². The molecule has 0 aliphatic carbocycles. The fourth-order valence-electron chi connectivity index (χ4n) is 1.66. The first kappa shape index (κ1) is 14.0. The highest BCUT2D eigenvalue weighted by Gasteiger charge is 2.30. The number of halogens is 3. The highest BCUT2D eigenvalue weighted by atomic mass is 32.1. The van der Waals surface area contributed by atoms with E-state index in [1.165, 1.54) is 17.4 Å². The largest absolute Gasteiger partial charge is 0.417 e. The SMILES string of the molecule is CNC(Cc1nccs1)c1ccc(C(F)(F)F)cn1. The molecule has 0 aromatic carbocycles. The fraction of sp³-hybridized carbons (Fsp3) is 0.333. The molecular weight excluding hydrogens is 275 g/mol. The molecule has 0 bridgehead atoms. The predicted molar refractivity (Wildman–Crippen MR) is 66.9 cm³/mol. The number of pyridine rings is 1. The van der Waals surface area contributed by atoms with Crippen LogP contribution in [-0.4, -0.2) is 17.0 Å². The van der Waals surface area contributed by atoms with Crippen molar-refractivity contribution in [1.82, 2.24) is 15.3 Å². The zero-order valence-corrected chi connectivity index (χ0v) is 10.9. The summed E-state index contributed by atoms with van der Waals surface area (Å²) in [5.41, 5.74) is -0.161. The second kappa shape index (κ2) is 5.66. The number of rotatable bonds is 4. The Bertz CT molecular complexity index is 508. The van der Waals surface area contributed by atoms with Crippen molar-refractivity contribution in [3.8, 4) is 0 Å². The van der Waals surface area contributed by atoms with Gasteiger partial charge in [-0.3, -0.25) is 4.98 Å². The van der Waals surface area contributed by atoms with E-state index in [0.717, 1.165) is 17.3 Å². The number of likely N-dealkylation sites (N-methyl/N-ethyl adjacent to an activating group) is 1. The van der Waals surface area contributed by atoms with Crippen molar-refractivity contribution in [3.05, 3.63) is 46.2 Å². The Balaban J connectivity index is 2.15. The maximum atomic E-state index is 12.4. The van der Waals surface area contributed by atoms with Crippen molar-refractivity contribution >= 4 is 11.3 Å². The molecule has 0 aliphatic heterocycles. The zero-order valence-electron chi connectivity index (χ0n) is 10.1. The molecule has 2 aromatic rings. The Labute approximate surface area is 112 Å². The van der Waals surface area contributed by atoms with Crippen molar-refractivity contribution in [1.29, 1.82) is 0 Å². The molecule has 0 spiro atoms. The number of nitrogens with one attached hydrogen (secondary N) is 1. The molecule has 2 rings (SSSR count). The lowest BCUT2D eigenvalue weighted by molar-refractivity contribution is -0.137. The van der Waals surface area contributed by atoms with Gasteiger partial charge in [-0.05, 0) is 19.2 Å². The molecule has 0 aliphatic rings. The van der Waals surface area contributed by atoms with Crippen LogP contribution in [0.4, 0.5) is 13.2 Å². The molecule has 19 heavy (non-hydrogen) atoms. The summed E-state index contributed by atoms with van der Waals surface area (Å²) >= 11 is 1.51. The summed E-state index contributed by atoms with van der Waals surface area (Å²) in [6.45, 7) is 0. The fourth-order valence-corrected chi connectivity index (χ4v) is 2.33. The van der Waals surface area contributed by atoms with Crippen LogP contribution in [0.2, 0.25) is 0 Å². The average Bonchev–Trinajstić information content (AvgIpc) is 2.88. The molecule has 1 N–H and O–H groups in total. The van der Waals surface area contributed by atoms with E-state index in [1.807, 2.05) is 5.38 Å². The second-order valence-electron chi connectivity index (χ2n) is 3.94. The van der Waals surface area contributed by atoms with Gasteiger partial charge in [0.2, 0.25) is 0 Å². The average molecular weight is 287 g/mol. The summed E-state index contributed by atoms with van der Waals surface area (Å²) in [6.07, 6.45) is -1.18. The number of aromatic nitrogens is 2. The summed E-state index contributed by atoms with van der Waals surface area (Å²) < 4.78 is 37.3. The van der Waals surface area contributed by atoms with Crippen LogP contribution in [-0.2, 0) is 12.6 Å². The van der Waals surface area contributed by atoms with E-state index >= 15 is 0 Å². The second-order valence-corrected chi connectivity index (χ2v) is 4.92. The highest BCUT2D eigenvalue weighted by Crippen LogP contribution is 2.29. The van der Waals surface area contributed by atoms with Crippen LogP contribution in [0.3, 0.4) is 0 Å². The molecule has 0 fully saturated rings. The number of hydrogen-bond donors (Lipinski definition) is 1. The van der Waals surface area contributed by atoms with Gasteiger partial charge in [0.25, 0.3) is 0 Å². The van der Waals surface area contributed by atoms with Gasteiger partial charge in [0.05, 0.1) is 22.3 Å². The minimum atomic E-state index is -4.35. The van der Waals surface area contributed by atoms with Gasteiger partial charge in [0.15, 0.2) is 0 Å². The number of hydrogen-bond acceptors (Lipinski definition) is 4. The van der Waals surface area contributed by atoms with Gasteiger partial charge >= 0.3 is 6.18 Å². The minimum Gasteiger partial charge on any atom is -0.311 e. The summed E-state index contributed by atoms with van der Waals surface area (Å²) in [5, 5.41) is 5.82. The summed E-state index contributed by atoms with van der Waals surface area (Å²) in [6, 6.07) is 2.31. The van der Waals surface area contributed by atoms with E-state index in [9.17, 15) is 13.2 Å². The van der Waals surface area contributed by atoms with Crippen LogP contribution < -0.4 is 5.32 Å². The Morgan fingerprint density at radius 2 is 2.11 bits per heavy atom. The van der Waals surface area contributed by atoms with Gasteiger partial charge in [-0.25, -0.2) is 4.98 Å². The predicted octanol–water partition coefficient (Wildman–Crippen LogP) is 3.06. The molecule has 0 saturated heterocycles. The molecule has 1 atom stereocenters. The van der Waals surface area contributed by atoms with Gasteiger partial charge < -0.3 is 5.32 Å². The van der Waals surface area contributed by atoms with Crippen LogP contribution in [0.5, 0.6) is 0 Å². The van der Waals surface area contributed by atoms with Crippen molar-refractivity contribution in [2.24, 2.45) is 0 Å². The Hall–Kier alpha value is -1.47. The van der Waals surface area contributed by atoms with Crippen molar-refractivity contribution in [2.75, 3.05) is 7.05 Å². The van der Waals surface area contributed by atoms with Crippen LogP contribution in [0.15, 0.2) is 29.9 Å². The zero-order chi connectivity index (χ0) is 13.9. The van der Waals surface area contributed by atoms with Gasteiger partial charge in [-0.2, -0.15) is 13.2 Å². The maximum absolute atomic E-state index is 12.4. The first-order valence-electron chi connectivity index (χ1n) is 5.59. The maximum Gasteiger partial charge on any atom is 0.417 e. The van der Waals surface area contributed by atoms with E-state index in [1.54, 1.807) is 13.2 Å². The van der Waals surface area contributed by atoms with Gasteiger partial charge in [-0.15, -0.1) is 11.3 Å². The van der Waals surface area contributed by atoms with Crippen LogP contribution in [0.25, 0.3) is 0 Å². The van der Waals surface area contributed by atoms with Crippen LogP contribution in [0, 0.1) is 0 Å². The molecule has 0 amide bonds. The standard InChI is InChI=1S/C12H12F3N3S/c1-16-10(6-11-17-4-5-19-11)9-3-2-8(7-18-9)12(13,14)15/h2-5,7,10,16H,6H2,1H3. The van der Waals surface area contributed by atoms with Gasteiger partial charge in [-0.1, -0.05) is 0 Å². The number of alkyl halides is 3.